The van der Waals surface area contributed by atoms with Gasteiger partial charge in [-0.15, -0.1) is 0 Å². The van der Waals surface area contributed by atoms with Crippen LogP contribution in [0.15, 0.2) is 69.7 Å². The quantitative estimate of drug-likeness (QED) is 0.567. The maximum Gasteiger partial charge on any atom is 0.257 e. The molecule has 4 rings (SSSR count). The summed E-state index contributed by atoms with van der Waals surface area (Å²) in [6, 6.07) is 16.9. The van der Waals surface area contributed by atoms with E-state index in [0.717, 1.165) is 16.2 Å². The van der Waals surface area contributed by atoms with Crippen LogP contribution in [-0.2, 0) is 6.54 Å². The third-order valence-corrected chi connectivity index (χ3v) is 3.92. The minimum Gasteiger partial charge on any atom is -0.467 e. The third-order valence-electron chi connectivity index (χ3n) is 3.92. The molecule has 2 N–H and O–H groups in total. The van der Waals surface area contributed by atoms with E-state index in [1.807, 2.05) is 36.4 Å². The smallest absolute Gasteiger partial charge is 0.257 e. The minimum absolute atomic E-state index is 0.158. The molecule has 0 fully saturated rings. The molecule has 0 saturated heterocycles. The maximum atomic E-state index is 12.4. The molecule has 2 aromatic heterocycles. The van der Waals surface area contributed by atoms with Gasteiger partial charge in [-0.3, -0.25) is 10.2 Å². The summed E-state index contributed by atoms with van der Waals surface area (Å²) in [4.78, 5) is 12.4. The highest BCUT2D eigenvalue weighted by molar-refractivity contribution is 6.07. The normalized spacial score (nSPS) is 11.0. The van der Waals surface area contributed by atoms with E-state index in [9.17, 15) is 4.79 Å². The molecule has 0 aliphatic rings. The Labute approximate surface area is 137 Å². The van der Waals surface area contributed by atoms with Crippen molar-refractivity contribution in [1.29, 1.82) is 5.41 Å². The Bertz CT molecular complexity index is 1090. The predicted molar refractivity (Wildman–Crippen MR) is 89.5 cm³/mol. The fourth-order valence-electron chi connectivity index (χ4n) is 2.73. The van der Waals surface area contributed by atoms with Crippen LogP contribution < -0.4 is 10.9 Å². The number of fused-ring (bicyclic) bond motifs is 3. The molecule has 0 aliphatic heterocycles. The van der Waals surface area contributed by atoms with Gasteiger partial charge in [0.15, 0.2) is 0 Å². The Kier molecular flexibility index (Phi) is 3.39. The number of furan rings is 1. The van der Waals surface area contributed by atoms with Crippen molar-refractivity contribution in [3.05, 3.63) is 77.7 Å². The monoisotopic (exact) mass is 318 g/mol. The van der Waals surface area contributed by atoms with Gasteiger partial charge in [0.25, 0.3) is 5.91 Å². The highest BCUT2D eigenvalue weighted by Gasteiger charge is 2.13. The lowest BCUT2D eigenvalue weighted by Gasteiger charge is -2.07. The third kappa shape index (κ3) is 2.46. The van der Waals surface area contributed by atoms with E-state index in [0.29, 0.717) is 11.3 Å². The second kappa shape index (κ2) is 5.70. The number of benzene rings is 2. The minimum atomic E-state index is -0.366. The molecule has 24 heavy (non-hydrogen) atoms. The Hall–Kier alpha value is -3.34. The van der Waals surface area contributed by atoms with Crippen molar-refractivity contribution in [2.24, 2.45) is 0 Å². The largest absolute Gasteiger partial charge is 0.467 e. The fourth-order valence-corrected chi connectivity index (χ4v) is 2.73. The van der Waals surface area contributed by atoms with Gasteiger partial charge in [-0.25, -0.2) is 0 Å². The number of rotatable bonds is 3. The Morgan fingerprint density at radius 2 is 1.92 bits per heavy atom. The van der Waals surface area contributed by atoms with E-state index < -0.39 is 0 Å². The zero-order valence-electron chi connectivity index (χ0n) is 12.7. The van der Waals surface area contributed by atoms with Crippen LogP contribution in [0.5, 0.6) is 0 Å². The second-order valence-corrected chi connectivity index (χ2v) is 5.45. The molecule has 4 aromatic rings. The average Bonchev–Trinajstić information content (AvgIpc) is 3.12. The fraction of sp³-hybridized carbons (Fsp3) is 0.0526. The van der Waals surface area contributed by atoms with E-state index in [1.54, 1.807) is 24.5 Å². The molecule has 2 heterocycles. The van der Waals surface area contributed by atoms with Crippen molar-refractivity contribution < 1.29 is 13.6 Å². The molecule has 0 bridgehead atoms. The summed E-state index contributed by atoms with van der Waals surface area (Å²) in [5, 5.41) is 13.6. The molecule has 0 unspecified atom stereocenters. The Morgan fingerprint density at radius 3 is 2.75 bits per heavy atom. The van der Waals surface area contributed by atoms with Crippen LogP contribution in [0.1, 0.15) is 16.1 Å². The molecule has 1 amide bonds. The van der Waals surface area contributed by atoms with Gasteiger partial charge < -0.3 is 14.2 Å². The van der Waals surface area contributed by atoms with Crippen LogP contribution in [0.4, 0.5) is 0 Å². The summed E-state index contributed by atoms with van der Waals surface area (Å²) >= 11 is 0. The van der Waals surface area contributed by atoms with Crippen LogP contribution in [-0.4, -0.2) is 5.91 Å². The van der Waals surface area contributed by atoms with Crippen LogP contribution >= 0.6 is 0 Å². The highest BCUT2D eigenvalue weighted by atomic mass is 16.3. The first-order valence-electron chi connectivity index (χ1n) is 7.53. The molecular formula is C19H14N2O3. The SMILES string of the molecule is N=c1oc2ccc3ccccc3c2cc1C(=O)NCc1ccco1. The summed E-state index contributed by atoms with van der Waals surface area (Å²) < 4.78 is 10.7. The summed E-state index contributed by atoms with van der Waals surface area (Å²) in [6.07, 6.45) is 1.55. The number of hydrogen-bond acceptors (Lipinski definition) is 4. The zero-order chi connectivity index (χ0) is 16.5. The van der Waals surface area contributed by atoms with Crippen LogP contribution in [0.2, 0.25) is 0 Å². The van der Waals surface area contributed by atoms with E-state index in [2.05, 4.69) is 5.32 Å². The molecule has 0 atom stereocenters. The highest BCUT2D eigenvalue weighted by Crippen LogP contribution is 2.24. The standard InChI is InChI=1S/C19H14N2O3/c20-18-16(19(22)21-11-13-5-3-9-23-13)10-15-14-6-2-1-4-12(14)7-8-17(15)24-18/h1-10,20H,11H2,(H,21,22). The number of carbonyl (C=O) groups excluding carboxylic acids is 1. The molecular weight excluding hydrogens is 304 g/mol. The van der Waals surface area contributed by atoms with Gasteiger partial charge in [0, 0.05) is 5.39 Å². The number of carbonyl (C=O) groups is 1. The number of hydrogen-bond donors (Lipinski definition) is 2. The van der Waals surface area contributed by atoms with Crippen molar-refractivity contribution in [2.75, 3.05) is 0 Å². The second-order valence-electron chi connectivity index (χ2n) is 5.45. The van der Waals surface area contributed by atoms with Gasteiger partial charge in [0.1, 0.15) is 16.9 Å². The summed E-state index contributed by atoms with van der Waals surface area (Å²) in [5.74, 6) is 0.285. The molecule has 118 valence electrons. The van der Waals surface area contributed by atoms with Gasteiger partial charge in [0.05, 0.1) is 12.8 Å². The molecule has 0 saturated carbocycles. The average molecular weight is 318 g/mol. The first-order chi connectivity index (χ1) is 11.7. The van der Waals surface area contributed by atoms with E-state index >= 15 is 0 Å². The van der Waals surface area contributed by atoms with E-state index in [-0.39, 0.29) is 23.6 Å². The van der Waals surface area contributed by atoms with Crippen molar-refractivity contribution in [3.8, 4) is 0 Å². The summed E-state index contributed by atoms with van der Waals surface area (Å²) in [7, 11) is 0. The first kappa shape index (κ1) is 14.3. The molecule has 0 radical (unpaired) electrons. The van der Waals surface area contributed by atoms with Gasteiger partial charge in [-0.2, -0.15) is 0 Å². The number of nitrogens with one attached hydrogen (secondary N) is 2. The molecule has 5 heteroatoms. The van der Waals surface area contributed by atoms with Crippen molar-refractivity contribution >= 4 is 27.6 Å². The van der Waals surface area contributed by atoms with Crippen molar-refractivity contribution in [2.45, 2.75) is 6.54 Å². The topological polar surface area (TPSA) is 79.2 Å². The summed E-state index contributed by atoms with van der Waals surface area (Å²) in [6.45, 7) is 0.263. The van der Waals surface area contributed by atoms with Crippen LogP contribution in [0, 0.1) is 5.41 Å². The van der Waals surface area contributed by atoms with Gasteiger partial charge in [0.2, 0.25) is 5.55 Å². The van der Waals surface area contributed by atoms with E-state index in [4.69, 9.17) is 14.2 Å². The summed E-state index contributed by atoms with van der Waals surface area (Å²) in [5.41, 5.74) is 0.626. The molecule has 0 aliphatic carbocycles. The van der Waals surface area contributed by atoms with Crippen LogP contribution in [0.3, 0.4) is 0 Å². The zero-order valence-corrected chi connectivity index (χ0v) is 12.7. The first-order valence-corrected chi connectivity index (χ1v) is 7.53. The van der Waals surface area contributed by atoms with Crippen molar-refractivity contribution in [3.63, 3.8) is 0 Å². The van der Waals surface area contributed by atoms with E-state index in [1.165, 1.54) is 0 Å². The van der Waals surface area contributed by atoms with Gasteiger partial charge in [-0.1, -0.05) is 30.3 Å². The molecule has 2 aromatic carbocycles. The van der Waals surface area contributed by atoms with Gasteiger partial charge >= 0.3 is 0 Å². The molecule has 0 spiro atoms. The lowest BCUT2D eigenvalue weighted by atomic mass is 10.0. The Balaban J connectivity index is 1.77. The lowest BCUT2D eigenvalue weighted by molar-refractivity contribution is 0.0943. The Morgan fingerprint density at radius 1 is 1.04 bits per heavy atom. The lowest BCUT2D eigenvalue weighted by Crippen LogP contribution is -2.27. The van der Waals surface area contributed by atoms with Gasteiger partial charge in [-0.05, 0) is 35.0 Å². The predicted octanol–water partition coefficient (Wildman–Crippen LogP) is 3.59. The molecule has 5 nitrogen and oxygen atoms in total. The maximum absolute atomic E-state index is 12.4. The van der Waals surface area contributed by atoms with Crippen molar-refractivity contribution in [1.82, 2.24) is 5.32 Å². The number of amides is 1. The van der Waals surface area contributed by atoms with Crippen LogP contribution in [0.25, 0.3) is 21.7 Å².